The van der Waals surface area contributed by atoms with E-state index in [-0.39, 0.29) is 30.4 Å². The summed E-state index contributed by atoms with van der Waals surface area (Å²) in [6, 6.07) is 5.47. The van der Waals surface area contributed by atoms with Gasteiger partial charge in [-0.15, -0.1) is 0 Å². The van der Waals surface area contributed by atoms with Gasteiger partial charge in [0.15, 0.2) is 6.29 Å². The molecule has 0 bridgehead atoms. The first-order chi connectivity index (χ1) is 15.8. The second-order valence-corrected chi connectivity index (χ2v) is 7.46. The Bertz CT molecular complexity index is 883. The van der Waals surface area contributed by atoms with Crippen LogP contribution in [0.5, 0.6) is 0 Å². The van der Waals surface area contributed by atoms with Crippen LogP contribution in [0.2, 0.25) is 5.02 Å². The Kier molecular flexibility index (Phi) is 9.70. The average Bonchev–Trinajstić information content (AvgIpc) is 2.82. The van der Waals surface area contributed by atoms with Crippen LogP contribution < -0.4 is 5.32 Å². The molecule has 33 heavy (non-hydrogen) atoms. The average molecular weight is 484 g/mol. The van der Waals surface area contributed by atoms with E-state index in [2.05, 4.69) is 5.32 Å². The summed E-state index contributed by atoms with van der Waals surface area (Å²) >= 11 is 6.51. The molecule has 1 aromatic rings. The van der Waals surface area contributed by atoms with Crippen LogP contribution in [-0.2, 0) is 38.1 Å². The maximum atomic E-state index is 13.7. The van der Waals surface area contributed by atoms with Crippen LogP contribution in [-0.4, -0.2) is 64.3 Å². The Labute approximate surface area is 198 Å². The maximum Gasteiger partial charge on any atom is 0.335 e. The van der Waals surface area contributed by atoms with Crippen molar-refractivity contribution >= 4 is 29.5 Å². The lowest BCUT2D eigenvalue weighted by Gasteiger charge is -2.47. The Morgan fingerprint density at radius 1 is 1.00 bits per heavy atom. The molecule has 3 atom stereocenters. The van der Waals surface area contributed by atoms with Crippen molar-refractivity contribution in [2.24, 2.45) is 5.41 Å². The minimum atomic E-state index is -2.14. The highest BCUT2D eigenvalue weighted by Crippen LogP contribution is 2.51. The molecule has 182 valence electrons. The van der Waals surface area contributed by atoms with Crippen LogP contribution in [0.25, 0.3) is 0 Å². The number of esters is 3. The van der Waals surface area contributed by atoms with Gasteiger partial charge in [0.25, 0.3) is 0 Å². The summed E-state index contributed by atoms with van der Waals surface area (Å²) in [5, 5.41) is 3.20. The first-order valence-corrected chi connectivity index (χ1v) is 11.0. The fourth-order valence-corrected chi connectivity index (χ4v) is 4.34. The number of methoxy groups -OCH3 is 2. The van der Waals surface area contributed by atoms with Crippen LogP contribution in [0, 0.1) is 5.41 Å². The van der Waals surface area contributed by atoms with E-state index < -0.39 is 41.6 Å². The Hall–Kier alpha value is -2.62. The van der Waals surface area contributed by atoms with Crippen molar-refractivity contribution in [3.8, 4) is 0 Å². The molecule has 10 heteroatoms. The Morgan fingerprint density at radius 2 is 1.64 bits per heavy atom. The van der Waals surface area contributed by atoms with E-state index in [0.29, 0.717) is 5.56 Å². The lowest BCUT2D eigenvalue weighted by Crippen LogP contribution is -2.66. The fourth-order valence-electron chi connectivity index (χ4n) is 4.09. The maximum absolute atomic E-state index is 13.7. The zero-order valence-corrected chi connectivity index (χ0v) is 20.1. The topological polar surface area (TPSA) is 109 Å². The van der Waals surface area contributed by atoms with Gasteiger partial charge < -0.3 is 29.0 Å². The highest BCUT2D eigenvalue weighted by atomic mass is 35.5. The number of nitrogens with one attached hydrogen (secondary N) is 1. The molecule has 0 spiro atoms. The molecule has 9 nitrogen and oxygen atoms in total. The van der Waals surface area contributed by atoms with Gasteiger partial charge in [0.2, 0.25) is 5.41 Å². The number of rotatable bonds is 10. The number of carbonyl (C=O) groups is 3. The zero-order chi connectivity index (χ0) is 24.6. The highest BCUT2D eigenvalue weighted by Gasteiger charge is 2.66. The Morgan fingerprint density at radius 3 is 2.15 bits per heavy atom. The third kappa shape index (κ3) is 5.00. The number of hydrogen-bond acceptors (Lipinski definition) is 9. The SMILES string of the molecule is CCOC(=O)C1(C(=O)OC)C(c2ccccc2Cl)C(C(=O)OC)=CNC1C(OCC)OCC. The molecule has 1 heterocycles. The van der Waals surface area contributed by atoms with E-state index in [1.54, 1.807) is 45.0 Å². The molecule has 1 aliphatic rings. The van der Waals surface area contributed by atoms with Crippen LogP contribution in [0.15, 0.2) is 36.0 Å². The normalized spacial score (nSPS) is 22.2. The van der Waals surface area contributed by atoms with Gasteiger partial charge in [0, 0.05) is 30.4 Å². The zero-order valence-electron chi connectivity index (χ0n) is 19.4. The second kappa shape index (κ2) is 12.0. The first-order valence-electron chi connectivity index (χ1n) is 10.6. The van der Waals surface area contributed by atoms with Crippen molar-refractivity contribution < 1.29 is 38.1 Å². The highest BCUT2D eigenvalue weighted by molar-refractivity contribution is 6.31. The molecule has 1 aromatic carbocycles. The monoisotopic (exact) mass is 483 g/mol. The number of ether oxygens (including phenoxy) is 5. The summed E-state index contributed by atoms with van der Waals surface area (Å²) < 4.78 is 27.0. The molecule has 0 saturated heterocycles. The van der Waals surface area contributed by atoms with Crippen molar-refractivity contribution in [2.45, 2.75) is 39.0 Å². The number of halogens is 1. The predicted molar refractivity (Wildman–Crippen MR) is 119 cm³/mol. The summed E-state index contributed by atoms with van der Waals surface area (Å²) in [4.78, 5) is 40.1. The molecule has 0 fully saturated rings. The quantitative estimate of drug-likeness (QED) is 0.232. The third-order valence-corrected chi connectivity index (χ3v) is 5.73. The molecular formula is C23H30ClNO8. The molecule has 0 amide bonds. The van der Waals surface area contributed by atoms with Crippen molar-refractivity contribution in [3.05, 3.63) is 46.6 Å². The van der Waals surface area contributed by atoms with Gasteiger partial charge in [0.1, 0.15) is 6.04 Å². The molecule has 1 N–H and O–H groups in total. The predicted octanol–water partition coefficient (Wildman–Crippen LogP) is 2.57. The van der Waals surface area contributed by atoms with E-state index in [1.807, 2.05) is 0 Å². The van der Waals surface area contributed by atoms with Crippen molar-refractivity contribution in [3.63, 3.8) is 0 Å². The van der Waals surface area contributed by atoms with E-state index >= 15 is 0 Å². The molecule has 0 radical (unpaired) electrons. The van der Waals surface area contributed by atoms with Gasteiger partial charge >= 0.3 is 17.9 Å². The standard InChI is InChI=1S/C23H30ClNO8/c1-6-31-20(32-7-2)18-23(21(27)30-5,22(28)33-8-3)17(14-11-9-10-12-16(14)24)15(13-25-18)19(26)29-4/h9-13,17-18,20,25H,6-8H2,1-5H3. The molecule has 1 aliphatic heterocycles. The number of hydrogen-bond donors (Lipinski definition) is 1. The van der Waals surface area contributed by atoms with E-state index in [1.165, 1.54) is 13.3 Å². The van der Waals surface area contributed by atoms with E-state index in [4.69, 9.17) is 35.3 Å². The second-order valence-electron chi connectivity index (χ2n) is 7.05. The van der Waals surface area contributed by atoms with Gasteiger partial charge in [-0.05, 0) is 32.4 Å². The largest absolute Gasteiger partial charge is 0.468 e. The minimum absolute atomic E-state index is 0.00736. The third-order valence-electron chi connectivity index (χ3n) is 5.38. The van der Waals surface area contributed by atoms with Crippen molar-refractivity contribution in [2.75, 3.05) is 34.0 Å². The summed E-state index contributed by atoms with van der Waals surface area (Å²) in [7, 11) is 2.35. The molecule has 3 unspecified atom stereocenters. The lowest BCUT2D eigenvalue weighted by atomic mass is 9.62. The van der Waals surface area contributed by atoms with Gasteiger partial charge in [0.05, 0.1) is 26.4 Å². The molecule has 2 rings (SSSR count). The van der Waals surface area contributed by atoms with Crippen LogP contribution in [0.3, 0.4) is 0 Å². The fraction of sp³-hybridized carbons (Fsp3) is 0.522. The smallest absolute Gasteiger partial charge is 0.335 e. The summed E-state index contributed by atoms with van der Waals surface area (Å²) in [5.41, 5.74) is -1.80. The number of benzene rings is 1. The molecule has 0 aliphatic carbocycles. The van der Waals surface area contributed by atoms with Gasteiger partial charge in [-0.1, -0.05) is 29.8 Å². The summed E-state index contributed by atoms with van der Waals surface area (Å²) in [6.45, 7) is 5.55. The molecular weight excluding hydrogens is 454 g/mol. The molecule has 0 saturated carbocycles. The van der Waals surface area contributed by atoms with Gasteiger partial charge in [-0.25, -0.2) is 4.79 Å². The van der Waals surface area contributed by atoms with Gasteiger partial charge in [-0.2, -0.15) is 0 Å². The van der Waals surface area contributed by atoms with Crippen LogP contribution in [0.4, 0.5) is 0 Å². The van der Waals surface area contributed by atoms with E-state index in [0.717, 1.165) is 7.11 Å². The van der Waals surface area contributed by atoms with Crippen molar-refractivity contribution in [1.29, 1.82) is 0 Å². The molecule has 0 aromatic heterocycles. The lowest BCUT2D eigenvalue weighted by molar-refractivity contribution is -0.202. The van der Waals surface area contributed by atoms with Crippen LogP contribution >= 0.6 is 11.6 Å². The summed E-state index contributed by atoms with van der Waals surface area (Å²) in [5.74, 6) is -3.84. The van der Waals surface area contributed by atoms with Crippen molar-refractivity contribution in [1.82, 2.24) is 5.32 Å². The van der Waals surface area contributed by atoms with E-state index in [9.17, 15) is 14.4 Å². The van der Waals surface area contributed by atoms with Gasteiger partial charge in [-0.3, -0.25) is 9.59 Å². The number of carbonyl (C=O) groups excluding carboxylic acids is 3. The first kappa shape index (κ1) is 26.6. The Balaban J connectivity index is 2.96. The summed E-state index contributed by atoms with van der Waals surface area (Å²) in [6.07, 6.45) is 0.319. The van der Waals surface area contributed by atoms with Crippen LogP contribution in [0.1, 0.15) is 32.3 Å². The minimum Gasteiger partial charge on any atom is -0.468 e.